The first kappa shape index (κ1) is 24.4. The van der Waals surface area contributed by atoms with Gasteiger partial charge in [-0.05, 0) is 69.1 Å². The Bertz CT molecular complexity index is 662. The fourth-order valence-corrected chi connectivity index (χ4v) is 5.92. The van der Waals surface area contributed by atoms with Crippen molar-refractivity contribution < 1.29 is 69.6 Å². The van der Waals surface area contributed by atoms with Crippen LogP contribution in [0.3, 0.4) is 0 Å². The average molecular weight is 438 g/mol. The van der Waals surface area contributed by atoms with Crippen molar-refractivity contribution in [2.75, 3.05) is 6.61 Å². The number of unbranched alkanes of at least 4 members (excludes halogenated alkanes) is 1. The number of carbonyl (C=O) groups is 1. The summed E-state index contributed by atoms with van der Waals surface area (Å²) in [6.07, 6.45) is 3.76. The summed E-state index contributed by atoms with van der Waals surface area (Å²) in [5, 5.41) is -5.66. The molecular formula is C17H23F4NaO5S. The van der Waals surface area contributed by atoms with Crippen LogP contribution in [0.5, 0.6) is 0 Å². The van der Waals surface area contributed by atoms with Crippen LogP contribution in [0.1, 0.15) is 57.8 Å². The van der Waals surface area contributed by atoms with E-state index in [0.29, 0.717) is 17.8 Å². The molecule has 0 aromatic heterocycles. The molecule has 11 heteroatoms. The molecule has 0 radical (unpaired) electrons. The third kappa shape index (κ3) is 4.55. The van der Waals surface area contributed by atoms with Crippen LogP contribution in [0.25, 0.3) is 0 Å². The average Bonchev–Trinajstić information content (AvgIpc) is 2.51. The SMILES string of the molecule is O=C(OCCCCC(F)(F)C(F)(F)S(=O)(=O)[O-])C12CC3CC(CC(C3)C1)C2.[Na+]. The summed E-state index contributed by atoms with van der Waals surface area (Å²) in [4.78, 5) is 12.5. The molecular weight excluding hydrogens is 415 g/mol. The van der Waals surface area contributed by atoms with Crippen LogP contribution in [0.4, 0.5) is 17.6 Å². The number of hydrogen-bond donors (Lipinski definition) is 0. The molecule has 0 aromatic rings. The molecule has 5 nitrogen and oxygen atoms in total. The van der Waals surface area contributed by atoms with Gasteiger partial charge in [0.1, 0.15) is 0 Å². The maximum Gasteiger partial charge on any atom is 1.00 e. The Morgan fingerprint density at radius 3 is 1.89 bits per heavy atom. The minimum Gasteiger partial charge on any atom is -0.743 e. The van der Waals surface area contributed by atoms with Gasteiger partial charge in [-0.3, -0.25) is 4.79 Å². The van der Waals surface area contributed by atoms with Crippen molar-refractivity contribution in [2.45, 2.75) is 69.0 Å². The molecule has 0 spiro atoms. The molecule has 0 aliphatic heterocycles. The molecule has 156 valence electrons. The van der Waals surface area contributed by atoms with Gasteiger partial charge in [-0.2, -0.15) is 17.6 Å². The number of carbonyl (C=O) groups excluding carboxylic acids is 1. The Morgan fingerprint density at radius 2 is 1.46 bits per heavy atom. The van der Waals surface area contributed by atoms with E-state index < -0.39 is 39.6 Å². The van der Waals surface area contributed by atoms with E-state index in [1.807, 2.05) is 0 Å². The number of rotatable bonds is 8. The Balaban J connectivity index is 0.00000280. The summed E-state index contributed by atoms with van der Waals surface area (Å²) in [7, 11) is -6.46. The second kappa shape index (κ2) is 8.32. The second-order valence-corrected chi connectivity index (χ2v) is 9.89. The van der Waals surface area contributed by atoms with Gasteiger partial charge in [0.05, 0.1) is 12.0 Å². The van der Waals surface area contributed by atoms with E-state index in [1.54, 1.807) is 0 Å². The molecule has 0 atom stereocenters. The third-order valence-corrected chi connectivity index (χ3v) is 7.26. The van der Waals surface area contributed by atoms with Crippen LogP contribution in [-0.2, 0) is 19.6 Å². The molecule has 0 N–H and O–H groups in total. The maximum absolute atomic E-state index is 13.4. The zero-order valence-electron chi connectivity index (χ0n) is 15.8. The van der Waals surface area contributed by atoms with E-state index in [1.165, 1.54) is 0 Å². The van der Waals surface area contributed by atoms with Crippen molar-refractivity contribution in [3.63, 3.8) is 0 Å². The Kier molecular flexibility index (Phi) is 7.24. The minimum absolute atomic E-state index is 0. The molecule has 0 amide bonds. The largest absolute Gasteiger partial charge is 1.00 e. The van der Waals surface area contributed by atoms with Crippen LogP contribution >= 0.6 is 0 Å². The normalized spacial score (nSPS) is 32.1. The van der Waals surface area contributed by atoms with Crippen LogP contribution < -0.4 is 29.6 Å². The summed E-state index contributed by atoms with van der Waals surface area (Å²) in [6.45, 7) is -0.188. The summed E-state index contributed by atoms with van der Waals surface area (Å²) in [5.74, 6) is -3.67. The summed E-state index contributed by atoms with van der Waals surface area (Å²) < 4.78 is 89.0. The van der Waals surface area contributed by atoms with Crippen molar-refractivity contribution in [3.05, 3.63) is 0 Å². The Hall–Kier alpha value is 0.1000. The first-order valence-corrected chi connectivity index (χ1v) is 10.7. The number of hydrogen-bond acceptors (Lipinski definition) is 5. The Labute approximate surface area is 184 Å². The Morgan fingerprint density at radius 1 is 1.00 bits per heavy atom. The molecule has 4 aliphatic rings. The molecule has 0 saturated heterocycles. The molecule has 0 aromatic carbocycles. The van der Waals surface area contributed by atoms with Gasteiger partial charge in [-0.1, -0.05) is 0 Å². The van der Waals surface area contributed by atoms with Crippen LogP contribution in [-0.4, -0.2) is 36.7 Å². The van der Waals surface area contributed by atoms with Crippen molar-refractivity contribution in [2.24, 2.45) is 23.2 Å². The molecule has 4 rings (SSSR count). The predicted octanol–water partition coefficient (Wildman–Crippen LogP) is 0.694. The monoisotopic (exact) mass is 438 g/mol. The fourth-order valence-electron chi connectivity index (χ4n) is 5.46. The number of halogens is 4. The van der Waals surface area contributed by atoms with E-state index in [4.69, 9.17) is 4.74 Å². The van der Waals surface area contributed by atoms with Crippen LogP contribution in [0.15, 0.2) is 0 Å². The van der Waals surface area contributed by atoms with Gasteiger partial charge in [-0.25, -0.2) is 8.42 Å². The summed E-state index contributed by atoms with van der Waals surface area (Å²) >= 11 is 0. The number of alkyl halides is 4. The fraction of sp³-hybridized carbons (Fsp3) is 0.941. The van der Waals surface area contributed by atoms with Crippen molar-refractivity contribution in [3.8, 4) is 0 Å². The predicted molar refractivity (Wildman–Crippen MR) is 85.0 cm³/mol. The van der Waals surface area contributed by atoms with Gasteiger partial charge in [0.2, 0.25) is 0 Å². The minimum atomic E-state index is -6.46. The van der Waals surface area contributed by atoms with E-state index >= 15 is 0 Å². The number of esters is 1. The van der Waals surface area contributed by atoms with Gasteiger partial charge in [0, 0.05) is 6.42 Å². The van der Waals surface area contributed by atoms with Crippen LogP contribution in [0.2, 0.25) is 0 Å². The van der Waals surface area contributed by atoms with Gasteiger partial charge < -0.3 is 9.29 Å². The van der Waals surface area contributed by atoms with Crippen molar-refractivity contribution >= 4 is 16.1 Å². The molecule has 4 saturated carbocycles. The van der Waals surface area contributed by atoms with Crippen molar-refractivity contribution in [1.29, 1.82) is 0 Å². The summed E-state index contributed by atoms with van der Waals surface area (Å²) in [6, 6.07) is 0. The first-order valence-electron chi connectivity index (χ1n) is 9.25. The zero-order valence-corrected chi connectivity index (χ0v) is 18.6. The second-order valence-electron chi connectivity index (χ2n) is 8.47. The van der Waals surface area contributed by atoms with Crippen LogP contribution in [0, 0.1) is 23.2 Å². The van der Waals surface area contributed by atoms with Crippen molar-refractivity contribution in [1.82, 2.24) is 0 Å². The molecule has 4 fully saturated rings. The summed E-state index contributed by atoms with van der Waals surface area (Å²) in [5.41, 5.74) is -0.484. The first-order chi connectivity index (χ1) is 12.4. The topological polar surface area (TPSA) is 83.5 Å². The van der Waals surface area contributed by atoms with Gasteiger partial charge in [-0.15, -0.1) is 0 Å². The van der Waals surface area contributed by atoms with E-state index in [-0.39, 0.29) is 48.6 Å². The molecule has 0 heterocycles. The quantitative estimate of drug-likeness (QED) is 0.183. The zero-order chi connectivity index (χ0) is 20.1. The standard InChI is InChI=1S/C17H24F4O5S.Na/c18-16(19,17(20,21)27(23,24)25)3-1-2-4-26-14(22)15-8-11-5-12(9-15)7-13(6-11)10-15;/h11-13H,1-10H2,(H,23,24,25);/q;+1/p-1. The van der Waals surface area contributed by atoms with Gasteiger partial charge in [0.25, 0.3) is 0 Å². The van der Waals surface area contributed by atoms with Gasteiger partial charge >= 0.3 is 46.7 Å². The molecule has 4 bridgehead atoms. The van der Waals surface area contributed by atoms with Gasteiger partial charge in [0.15, 0.2) is 10.1 Å². The third-order valence-electron chi connectivity index (χ3n) is 6.33. The number of ether oxygens (including phenoxy) is 1. The molecule has 28 heavy (non-hydrogen) atoms. The smallest absolute Gasteiger partial charge is 0.743 e. The maximum atomic E-state index is 13.4. The van der Waals surface area contributed by atoms with E-state index in [0.717, 1.165) is 38.5 Å². The molecule has 4 aliphatic carbocycles. The van der Waals surface area contributed by atoms with E-state index in [9.17, 15) is 35.3 Å². The van der Waals surface area contributed by atoms with E-state index in [2.05, 4.69) is 0 Å². The molecule has 0 unspecified atom stereocenters.